The molecule has 2 aromatic carbocycles. The highest BCUT2D eigenvalue weighted by Crippen LogP contribution is 2.07. The van der Waals surface area contributed by atoms with Crippen molar-refractivity contribution in [3.05, 3.63) is 60.7 Å². The lowest BCUT2D eigenvalue weighted by atomic mass is 10.4. The van der Waals surface area contributed by atoms with Crippen LogP contribution >= 0.6 is 0 Å². The summed E-state index contributed by atoms with van der Waals surface area (Å²) in [5.74, 6) is 0. The zero-order valence-electron chi connectivity index (χ0n) is 16.8. The smallest absolute Gasteiger partial charge is 0.369 e. The molecule has 0 aromatic heterocycles. The van der Waals surface area contributed by atoms with Crippen LogP contribution in [0.3, 0.4) is 0 Å². The topological polar surface area (TPSA) is 36.9 Å². The summed E-state index contributed by atoms with van der Waals surface area (Å²) >= 11 is 0. The van der Waals surface area contributed by atoms with E-state index in [1.807, 2.05) is 68.9 Å². The molecular formula is C20H32O4Si2. The Kier molecular flexibility index (Phi) is 10.0. The van der Waals surface area contributed by atoms with Gasteiger partial charge in [0.15, 0.2) is 0 Å². The fourth-order valence-electron chi connectivity index (χ4n) is 2.56. The molecule has 4 nitrogen and oxygen atoms in total. The van der Waals surface area contributed by atoms with Crippen LogP contribution in [0.2, 0.25) is 13.1 Å². The van der Waals surface area contributed by atoms with Crippen molar-refractivity contribution in [1.29, 1.82) is 0 Å². The second-order valence-corrected chi connectivity index (χ2v) is 12.2. The van der Waals surface area contributed by atoms with Gasteiger partial charge in [0.2, 0.25) is 0 Å². The van der Waals surface area contributed by atoms with Gasteiger partial charge in [0.25, 0.3) is 0 Å². The molecule has 0 N–H and O–H groups in total. The van der Waals surface area contributed by atoms with Gasteiger partial charge in [-0.15, -0.1) is 0 Å². The minimum absolute atomic E-state index is 0.706. The zero-order valence-corrected chi connectivity index (χ0v) is 18.8. The van der Waals surface area contributed by atoms with Crippen LogP contribution in [-0.4, -0.2) is 44.6 Å². The van der Waals surface area contributed by atoms with E-state index in [9.17, 15) is 0 Å². The summed E-state index contributed by atoms with van der Waals surface area (Å²) < 4.78 is 22.3. The van der Waals surface area contributed by atoms with Crippen molar-refractivity contribution in [1.82, 2.24) is 0 Å². The Bertz CT molecular complexity index is 598. The number of benzene rings is 2. The van der Waals surface area contributed by atoms with Crippen molar-refractivity contribution < 1.29 is 17.7 Å². The average Bonchev–Trinajstić information content (AvgIpc) is 2.69. The molecular weight excluding hydrogens is 360 g/mol. The molecule has 0 aliphatic rings. The minimum Gasteiger partial charge on any atom is -0.394 e. The van der Waals surface area contributed by atoms with Gasteiger partial charge in [-0.25, -0.2) is 0 Å². The van der Waals surface area contributed by atoms with Gasteiger partial charge in [0.05, 0.1) is 0 Å². The van der Waals surface area contributed by atoms with E-state index >= 15 is 0 Å². The van der Waals surface area contributed by atoms with Crippen molar-refractivity contribution in [3.8, 4) is 0 Å². The van der Waals surface area contributed by atoms with E-state index in [-0.39, 0.29) is 0 Å². The standard InChI is InChI=1S/C11H18O2Si.C9H14O2Si/c1-4-12-14(3,13-5-2)11-9-7-6-8-10-11;1-10-12(3,11-2)9-7-5-4-6-8-9/h6-10H,4-5H2,1-3H3;4-8H,1-3H3. The van der Waals surface area contributed by atoms with E-state index in [0.29, 0.717) is 13.2 Å². The summed E-state index contributed by atoms with van der Waals surface area (Å²) in [6.45, 7) is 9.55. The van der Waals surface area contributed by atoms with E-state index in [0.717, 1.165) is 5.19 Å². The Morgan fingerprint density at radius 2 is 0.962 bits per heavy atom. The van der Waals surface area contributed by atoms with Crippen LogP contribution in [0, 0.1) is 0 Å². The number of rotatable bonds is 8. The molecule has 0 fully saturated rings. The monoisotopic (exact) mass is 392 g/mol. The van der Waals surface area contributed by atoms with E-state index in [4.69, 9.17) is 17.7 Å². The van der Waals surface area contributed by atoms with E-state index in [1.54, 1.807) is 14.2 Å². The van der Waals surface area contributed by atoms with Gasteiger partial charge in [-0.05, 0) is 37.3 Å². The summed E-state index contributed by atoms with van der Waals surface area (Å²) in [5, 5.41) is 2.36. The second kappa shape index (κ2) is 11.4. The first kappa shape index (κ1) is 22.8. The van der Waals surface area contributed by atoms with E-state index in [2.05, 4.69) is 18.7 Å². The summed E-state index contributed by atoms with van der Waals surface area (Å²) in [7, 11) is -0.805. The third kappa shape index (κ3) is 6.46. The molecule has 144 valence electrons. The van der Waals surface area contributed by atoms with Crippen molar-refractivity contribution in [2.24, 2.45) is 0 Å². The molecule has 6 heteroatoms. The van der Waals surface area contributed by atoms with Crippen molar-refractivity contribution in [3.63, 3.8) is 0 Å². The number of hydrogen-bond acceptors (Lipinski definition) is 4. The maximum atomic E-state index is 5.77. The largest absolute Gasteiger partial charge is 0.394 e. The zero-order chi connectivity index (χ0) is 19.5. The lowest BCUT2D eigenvalue weighted by molar-refractivity contribution is 0.202. The van der Waals surface area contributed by atoms with Gasteiger partial charge in [0, 0.05) is 27.4 Å². The fraction of sp³-hybridized carbons (Fsp3) is 0.400. The van der Waals surface area contributed by atoms with Crippen LogP contribution in [0.25, 0.3) is 0 Å². The van der Waals surface area contributed by atoms with Crippen LogP contribution in [0.15, 0.2) is 60.7 Å². The SMILES string of the molecule is CCO[Si](C)(OCC)c1ccccc1.CO[Si](C)(OC)c1ccccc1. The van der Waals surface area contributed by atoms with Gasteiger partial charge in [-0.1, -0.05) is 60.7 Å². The molecule has 0 spiro atoms. The second-order valence-electron chi connectivity index (χ2n) is 5.90. The van der Waals surface area contributed by atoms with Crippen LogP contribution in [0.1, 0.15) is 13.8 Å². The molecule has 0 aliphatic carbocycles. The highest BCUT2D eigenvalue weighted by molar-refractivity contribution is 6.80. The third-order valence-electron chi connectivity index (χ3n) is 4.21. The summed E-state index contributed by atoms with van der Waals surface area (Å²) in [5.41, 5.74) is 0. The van der Waals surface area contributed by atoms with Crippen LogP contribution in [0.5, 0.6) is 0 Å². The van der Waals surface area contributed by atoms with E-state index in [1.165, 1.54) is 5.19 Å². The van der Waals surface area contributed by atoms with Crippen LogP contribution in [0.4, 0.5) is 0 Å². The Morgan fingerprint density at radius 3 is 1.27 bits per heavy atom. The molecule has 26 heavy (non-hydrogen) atoms. The third-order valence-corrected chi connectivity index (χ3v) is 10.2. The van der Waals surface area contributed by atoms with E-state index < -0.39 is 17.1 Å². The summed E-state index contributed by atoms with van der Waals surface area (Å²) in [4.78, 5) is 0. The Morgan fingerprint density at radius 1 is 0.615 bits per heavy atom. The molecule has 0 radical (unpaired) electrons. The lowest BCUT2D eigenvalue weighted by Gasteiger charge is -2.26. The van der Waals surface area contributed by atoms with Gasteiger partial charge in [-0.2, -0.15) is 0 Å². The van der Waals surface area contributed by atoms with Crippen molar-refractivity contribution in [2.45, 2.75) is 26.9 Å². The predicted octanol–water partition coefficient (Wildman–Crippen LogP) is 3.30. The molecule has 0 bridgehead atoms. The fourth-order valence-corrected chi connectivity index (χ4v) is 6.31. The van der Waals surface area contributed by atoms with Gasteiger partial charge >= 0.3 is 17.1 Å². The van der Waals surface area contributed by atoms with Crippen molar-refractivity contribution in [2.75, 3.05) is 27.4 Å². The molecule has 0 saturated carbocycles. The Balaban J connectivity index is 0.000000263. The van der Waals surface area contributed by atoms with Gasteiger partial charge in [-0.3, -0.25) is 0 Å². The first-order valence-corrected chi connectivity index (χ1v) is 13.6. The summed E-state index contributed by atoms with van der Waals surface area (Å²) in [6, 6.07) is 20.3. The minimum atomic E-state index is -2.13. The molecule has 2 rings (SSSR count). The predicted molar refractivity (Wildman–Crippen MR) is 113 cm³/mol. The summed E-state index contributed by atoms with van der Waals surface area (Å²) in [6.07, 6.45) is 0. The normalized spacial score (nSPS) is 11.6. The lowest BCUT2D eigenvalue weighted by Crippen LogP contribution is -2.51. The molecule has 0 aliphatic heterocycles. The first-order valence-electron chi connectivity index (χ1n) is 8.95. The molecule has 0 heterocycles. The maximum absolute atomic E-state index is 5.77. The van der Waals surface area contributed by atoms with Crippen molar-refractivity contribution >= 4 is 27.5 Å². The average molecular weight is 393 g/mol. The highest BCUT2D eigenvalue weighted by Gasteiger charge is 2.33. The molecule has 0 amide bonds. The number of hydrogen-bond donors (Lipinski definition) is 0. The van der Waals surface area contributed by atoms with Gasteiger partial charge in [0.1, 0.15) is 0 Å². The first-order chi connectivity index (χ1) is 12.5. The van der Waals surface area contributed by atoms with Gasteiger partial charge < -0.3 is 17.7 Å². The van der Waals surface area contributed by atoms with Crippen LogP contribution < -0.4 is 10.4 Å². The maximum Gasteiger partial charge on any atom is 0.369 e. The molecule has 0 atom stereocenters. The Hall–Kier alpha value is -1.29. The van der Waals surface area contributed by atoms with Crippen LogP contribution in [-0.2, 0) is 17.7 Å². The highest BCUT2D eigenvalue weighted by atomic mass is 28.4. The molecule has 2 aromatic rings. The molecule has 0 unspecified atom stereocenters. The molecule has 0 saturated heterocycles. The Labute approximate surface area is 160 Å². The quantitative estimate of drug-likeness (QED) is 0.646.